The monoisotopic (exact) mass is 215 g/mol. The van der Waals surface area contributed by atoms with Crippen LogP contribution in [0.5, 0.6) is 0 Å². The predicted molar refractivity (Wildman–Crippen MR) is 52.4 cm³/mol. The van der Waals surface area contributed by atoms with Crippen molar-refractivity contribution in [1.82, 2.24) is 14.6 Å². The zero-order valence-corrected chi connectivity index (χ0v) is 8.26. The maximum absolute atomic E-state index is 5.93. The van der Waals surface area contributed by atoms with E-state index in [-0.39, 0.29) is 0 Å². The molecule has 0 fully saturated rings. The van der Waals surface area contributed by atoms with Crippen LogP contribution in [0.25, 0.3) is 5.65 Å². The van der Waals surface area contributed by atoms with Gasteiger partial charge >= 0.3 is 0 Å². The van der Waals surface area contributed by atoms with Gasteiger partial charge in [0.1, 0.15) is 5.15 Å². The predicted octanol–water partition coefficient (Wildman–Crippen LogP) is 2.16. The molecule has 0 aliphatic carbocycles. The molecule has 68 valence electrons. The summed E-state index contributed by atoms with van der Waals surface area (Å²) >= 11 is 11.5. The van der Waals surface area contributed by atoms with Gasteiger partial charge in [0.2, 0.25) is 0 Å². The molecule has 2 aromatic rings. The highest BCUT2D eigenvalue weighted by atomic mass is 35.5. The SMILES string of the molecule is ClCCc1cn2nccc2nc1Cl. The summed E-state index contributed by atoms with van der Waals surface area (Å²) in [4.78, 5) is 4.16. The van der Waals surface area contributed by atoms with Crippen molar-refractivity contribution < 1.29 is 0 Å². The van der Waals surface area contributed by atoms with Crippen molar-refractivity contribution in [1.29, 1.82) is 0 Å². The van der Waals surface area contributed by atoms with Gasteiger partial charge in [0.15, 0.2) is 5.65 Å². The van der Waals surface area contributed by atoms with Gasteiger partial charge in [0.25, 0.3) is 0 Å². The Labute approximate surface area is 85.3 Å². The number of alkyl halides is 1. The van der Waals surface area contributed by atoms with Crippen molar-refractivity contribution in [2.75, 3.05) is 5.88 Å². The fourth-order valence-corrected chi connectivity index (χ4v) is 1.57. The third-order valence-electron chi connectivity index (χ3n) is 1.77. The second-order valence-corrected chi connectivity index (χ2v) is 3.37. The molecule has 5 heteroatoms. The van der Waals surface area contributed by atoms with Crippen LogP contribution in [0.3, 0.4) is 0 Å². The number of rotatable bonds is 2. The van der Waals surface area contributed by atoms with Crippen LogP contribution in [0.2, 0.25) is 5.15 Å². The van der Waals surface area contributed by atoms with E-state index in [1.165, 1.54) is 0 Å². The molecule has 2 heterocycles. The molecule has 0 saturated heterocycles. The highest BCUT2D eigenvalue weighted by Crippen LogP contribution is 2.14. The first-order valence-electron chi connectivity index (χ1n) is 3.86. The summed E-state index contributed by atoms with van der Waals surface area (Å²) in [6.07, 6.45) is 4.25. The van der Waals surface area contributed by atoms with E-state index in [9.17, 15) is 0 Å². The second kappa shape index (κ2) is 3.52. The smallest absolute Gasteiger partial charge is 0.156 e. The van der Waals surface area contributed by atoms with E-state index in [1.807, 2.05) is 6.20 Å². The van der Waals surface area contributed by atoms with Crippen LogP contribution in [-0.2, 0) is 6.42 Å². The second-order valence-electron chi connectivity index (χ2n) is 2.63. The van der Waals surface area contributed by atoms with Gasteiger partial charge in [0.05, 0.1) is 6.20 Å². The van der Waals surface area contributed by atoms with Crippen LogP contribution in [0.1, 0.15) is 5.56 Å². The van der Waals surface area contributed by atoms with Crippen LogP contribution in [0.4, 0.5) is 0 Å². The molecular weight excluding hydrogens is 209 g/mol. The highest BCUT2D eigenvalue weighted by Gasteiger charge is 2.04. The average molecular weight is 216 g/mol. The minimum Gasteiger partial charge on any atom is -0.222 e. The Morgan fingerprint density at radius 1 is 1.46 bits per heavy atom. The zero-order chi connectivity index (χ0) is 9.26. The first kappa shape index (κ1) is 8.78. The molecule has 0 unspecified atom stereocenters. The third-order valence-corrected chi connectivity index (χ3v) is 2.29. The maximum Gasteiger partial charge on any atom is 0.156 e. The Hall–Kier alpha value is -0.800. The largest absolute Gasteiger partial charge is 0.222 e. The molecule has 0 spiro atoms. The zero-order valence-electron chi connectivity index (χ0n) is 6.74. The van der Waals surface area contributed by atoms with Gasteiger partial charge in [0, 0.05) is 23.7 Å². The Morgan fingerprint density at radius 3 is 3.08 bits per heavy atom. The Kier molecular flexibility index (Phi) is 2.38. The van der Waals surface area contributed by atoms with Gasteiger partial charge in [-0.3, -0.25) is 0 Å². The summed E-state index contributed by atoms with van der Waals surface area (Å²) in [6.45, 7) is 0. The molecule has 0 aromatic carbocycles. The van der Waals surface area contributed by atoms with Crippen molar-refractivity contribution in [2.24, 2.45) is 0 Å². The third kappa shape index (κ3) is 1.62. The lowest BCUT2D eigenvalue weighted by Crippen LogP contribution is -1.97. The lowest BCUT2D eigenvalue weighted by molar-refractivity contribution is 0.912. The van der Waals surface area contributed by atoms with E-state index in [1.54, 1.807) is 16.8 Å². The summed E-state index contributed by atoms with van der Waals surface area (Å²) in [6, 6.07) is 1.80. The van der Waals surface area contributed by atoms with E-state index in [0.717, 1.165) is 11.2 Å². The number of nitrogens with zero attached hydrogens (tertiary/aromatic N) is 3. The Balaban J connectivity index is 2.56. The molecular formula is C8H7Cl2N3. The number of aromatic nitrogens is 3. The number of aryl methyl sites for hydroxylation is 1. The van der Waals surface area contributed by atoms with E-state index >= 15 is 0 Å². The Morgan fingerprint density at radius 2 is 2.31 bits per heavy atom. The first-order chi connectivity index (χ1) is 6.31. The summed E-state index contributed by atoms with van der Waals surface area (Å²) < 4.78 is 1.69. The molecule has 0 aliphatic heterocycles. The van der Waals surface area contributed by atoms with E-state index in [0.29, 0.717) is 17.5 Å². The van der Waals surface area contributed by atoms with Crippen molar-refractivity contribution >= 4 is 28.8 Å². The molecule has 2 rings (SSSR count). The molecule has 0 aliphatic rings. The minimum absolute atomic E-state index is 0.508. The van der Waals surface area contributed by atoms with Crippen molar-refractivity contribution in [3.63, 3.8) is 0 Å². The number of hydrogen-bond acceptors (Lipinski definition) is 2. The summed E-state index contributed by atoms with van der Waals surface area (Å²) in [5, 5.41) is 4.56. The minimum atomic E-state index is 0.508. The van der Waals surface area contributed by atoms with Gasteiger partial charge in [-0.2, -0.15) is 5.10 Å². The van der Waals surface area contributed by atoms with Crippen molar-refractivity contribution in [2.45, 2.75) is 6.42 Å². The van der Waals surface area contributed by atoms with Crippen LogP contribution in [0.15, 0.2) is 18.5 Å². The van der Waals surface area contributed by atoms with E-state index in [4.69, 9.17) is 23.2 Å². The van der Waals surface area contributed by atoms with Gasteiger partial charge in [-0.1, -0.05) is 11.6 Å². The van der Waals surface area contributed by atoms with Gasteiger partial charge in [-0.05, 0) is 6.42 Å². The van der Waals surface area contributed by atoms with Crippen LogP contribution < -0.4 is 0 Å². The van der Waals surface area contributed by atoms with E-state index < -0.39 is 0 Å². The molecule has 0 amide bonds. The van der Waals surface area contributed by atoms with Crippen molar-refractivity contribution in [3.05, 3.63) is 29.2 Å². The summed E-state index contributed by atoms with van der Waals surface area (Å²) in [5.41, 5.74) is 1.68. The normalized spacial score (nSPS) is 10.9. The van der Waals surface area contributed by atoms with E-state index in [2.05, 4.69) is 10.1 Å². The molecule has 2 aromatic heterocycles. The molecule has 13 heavy (non-hydrogen) atoms. The molecule has 0 radical (unpaired) electrons. The van der Waals surface area contributed by atoms with Gasteiger partial charge < -0.3 is 0 Å². The lowest BCUT2D eigenvalue weighted by Gasteiger charge is -2.01. The molecule has 3 nitrogen and oxygen atoms in total. The average Bonchev–Trinajstić information content (AvgIpc) is 2.52. The van der Waals surface area contributed by atoms with Crippen LogP contribution in [-0.4, -0.2) is 20.5 Å². The number of halogens is 2. The molecule has 0 N–H and O–H groups in total. The Bertz CT molecular complexity index is 424. The standard InChI is InChI=1S/C8H7Cl2N3/c9-3-1-6-5-13-7(2-4-11-13)12-8(6)10/h2,4-5H,1,3H2. The van der Waals surface area contributed by atoms with Gasteiger partial charge in [-0.25, -0.2) is 9.50 Å². The molecule has 0 atom stereocenters. The van der Waals surface area contributed by atoms with Crippen LogP contribution >= 0.6 is 23.2 Å². The quantitative estimate of drug-likeness (QED) is 0.568. The lowest BCUT2D eigenvalue weighted by atomic mass is 10.3. The number of fused-ring (bicyclic) bond motifs is 1. The fourth-order valence-electron chi connectivity index (χ4n) is 1.14. The van der Waals surface area contributed by atoms with Crippen LogP contribution in [0, 0.1) is 0 Å². The summed E-state index contributed by atoms with van der Waals surface area (Å²) in [7, 11) is 0. The maximum atomic E-state index is 5.93. The van der Waals surface area contributed by atoms with Crippen molar-refractivity contribution in [3.8, 4) is 0 Å². The molecule has 0 saturated carbocycles. The van der Waals surface area contributed by atoms with Gasteiger partial charge in [-0.15, -0.1) is 11.6 Å². The molecule has 0 bridgehead atoms. The topological polar surface area (TPSA) is 30.2 Å². The summed E-state index contributed by atoms with van der Waals surface area (Å²) in [5.74, 6) is 0.536. The first-order valence-corrected chi connectivity index (χ1v) is 4.77. The number of hydrogen-bond donors (Lipinski definition) is 0. The fraction of sp³-hybridized carbons (Fsp3) is 0.250. The highest BCUT2D eigenvalue weighted by molar-refractivity contribution is 6.30.